The molecular weight excluding hydrogens is 226 g/mol. The smallest absolute Gasteiger partial charge is 0.259 e. The molecule has 6 heteroatoms. The Morgan fingerprint density at radius 2 is 2.31 bits per heavy atom. The fourth-order valence-electron chi connectivity index (χ4n) is 1.17. The van der Waals surface area contributed by atoms with Gasteiger partial charge >= 0.3 is 0 Å². The summed E-state index contributed by atoms with van der Waals surface area (Å²) < 4.78 is 0. The van der Waals surface area contributed by atoms with Gasteiger partial charge in [-0.2, -0.15) is 0 Å². The van der Waals surface area contributed by atoms with Crippen molar-refractivity contribution in [3.05, 3.63) is 34.2 Å². The highest BCUT2D eigenvalue weighted by atomic mass is 32.1. The summed E-state index contributed by atoms with van der Waals surface area (Å²) in [6, 6.07) is 1.31. The summed E-state index contributed by atoms with van der Waals surface area (Å²) in [5.41, 5.74) is 5.15. The minimum absolute atomic E-state index is 0.118. The molecule has 0 unspecified atom stereocenters. The van der Waals surface area contributed by atoms with Gasteiger partial charge in [0, 0.05) is 38.5 Å². The van der Waals surface area contributed by atoms with Crippen molar-refractivity contribution in [2.24, 2.45) is 5.73 Å². The second-order valence-electron chi connectivity index (χ2n) is 3.37. The molecule has 0 spiro atoms. The summed E-state index contributed by atoms with van der Waals surface area (Å²) in [6.07, 6.45) is 3.32. The van der Waals surface area contributed by atoms with Gasteiger partial charge in [-0.1, -0.05) is 12.2 Å². The van der Waals surface area contributed by atoms with E-state index in [9.17, 15) is 9.59 Å². The molecule has 0 aliphatic rings. The number of thiocarbonyl (C=S) groups is 1. The number of aromatic amines is 1. The number of H-pyrrole nitrogens is 1. The van der Waals surface area contributed by atoms with Crippen LogP contribution in [0.3, 0.4) is 0 Å². The van der Waals surface area contributed by atoms with E-state index in [4.69, 9.17) is 18.0 Å². The molecule has 1 aromatic rings. The molecule has 0 bridgehead atoms. The number of carbonyl (C=O) groups excluding carboxylic acids is 1. The molecule has 0 aliphatic heterocycles. The lowest BCUT2D eigenvalue weighted by Crippen LogP contribution is -2.33. The Labute approximate surface area is 98.3 Å². The van der Waals surface area contributed by atoms with E-state index in [1.807, 2.05) is 0 Å². The molecule has 0 aromatic carbocycles. The summed E-state index contributed by atoms with van der Waals surface area (Å²) >= 11 is 4.71. The lowest BCUT2D eigenvalue weighted by molar-refractivity contribution is 0.0797. The summed E-state index contributed by atoms with van der Waals surface area (Å²) in [5, 5.41) is 0. The van der Waals surface area contributed by atoms with Crippen LogP contribution in [0.1, 0.15) is 16.8 Å². The van der Waals surface area contributed by atoms with Crippen molar-refractivity contribution >= 4 is 23.1 Å². The molecule has 1 rings (SSSR count). The zero-order chi connectivity index (χ0) is 12.1. The third kappa shape index (κ3) is 3.16. The molecule has 16 heavy (non-hydrogen) atoms. The predicted molar refractivity (Wildman–Crippen MR) is 65.4 cm³/mol. The molecule has 0 atom stereocenters. The minimum Gasteiger partial charge on any atom is -0.393 e. The highest BCUT2D eigenvalue weighted by Crippen LogP contribution is 1.97. The molecule has 1 aromatic heterocycles. The Balaban J connectivity index is 2.75. The summed E-state index contributed by atoms with van der Waals surface area (Å²) in [6.45, 7) is 0.405. The van der Waals surface area contributed by atoms with Gasteiger partial charge in [0.1, 0.15) is 5.56 Å². The van der Waals surface area contributed by atoms with Crippen LogP contribution >= 0.6 is 12.2 Å². The lowest BCUT2D eigenvalue weighted by Gasteiger charge is -2.15. The Morgan fingerprint density at radius 1 is 1.62 bits per heavy atom. The largest absolute Gasteiger partial charge is 0.393 e. The Morgan fingerprint density at radius 3 is 2.88 bits per heavy atom. The number of aromatic nitrogens is 1. The minimum atomic E-state index is -0.335. The highest BCUT2D eigenvalue weighted by Gasteiger charge is 2.14. The van der Waals surface area contributed by atoms with Crippen LogP contribution in [0.5, 0.6) is 0 Å². The van der Waals surface area contributed by atoms with Gasteiger partial charge in [-0.05, 0) is 0 Å². The molecule has 1 heterocycles. The molecule has 3 N–H and O–H groups in total. The van der Waals surface area contributed by atoms with E-state index >= 15 is 0 Å². The third-order valence-corrected chi connectivity index (χ3v) is 2.30. The van der Waals surface area contributed by atoms with E-state index in [-0.39, 0.29) is 16.9 Å². The van der Waals surface area contributed by atoms with E-state index in [1.54, 1.807) is 7.05 Å². The fraction of sp³-hybridized carbons (Fsp3) is 0.300. The van der Waals surface area contributed by atoms with Gasteiger partial charge < -0.3 is 15.6 Å². The van der Waals surface area contributed by atoms with Gasteiger partial charge in [-0.3, -0.25) is 9.59 Å². The number of hydrogen-bond acceptors (Lipinski definition) is 3. The first kappa shape index (κ1) is 12.4. The number of nitrogens with one attached hydrogen (secondary N) is 1. The van der Waals surface area contributed by atoms with E-state index in [1.165, 1.54) is 23.4 Å². The van der Waals surface area contributed by atoms with Crippen molar-refractivity contribution in [1.29, 1.82) is 0 Å². The molecular formula is C10H13N3O2S. The van der Waals surface area contributed by atoms with Crippen LogP contribution in [-0.2, 0) is 0 Å². The molecule has 5 nitrogen and oxygen atoms in total. The highest BCUT2D eigenvalue weighted by molar-refractivity contribution is 7.80. The second kappa shape index (κ2) is 5.41. The number of hydrogen-bond donors (Lipinski definition) is 2. The average Bonchev–Trinajstić information content (AvgIpc) is 2.25. The standard InChI is InChI=1S/C10H13N3O2S/c1-13(5-3-9(11)16)10(15)7-6-12-4-2-8(7)14/h2,4,6H,3,5H2,1H3,(H2,11,16)(H,12,14). The van der Waals surface area contributed by atoms with Crippen molar-refractivity contribution in [3.63, 3.8) is 0 Å². The number of carbonyl (C=O) groups is 1. The molecule has 0 radical (unpaired) electrons. The first-order chi connectivity index (χ1) is 7.52. The Bertz CT molecular complexity index is 455. The summed E-state index contributed by atoms with van der Waals surface area (Å²) in [5.74, 6) is -0.335. The predicted octanol–water partition coefficient (Wildman–Crippen LogP) is 0.123. The summed E-state index contributed by atoms with van der Waals surface area (Å²) in [7, 11) is 1.60. The lowest BCUT2D eigenvalue weighted by atomic mass is 10.2. The van der Waals surface area contributed by atoms with Gasteiger partial charge in [0.15, 0.2) is 5.43 Å². The molecule has 0 fully saturated rings. The van der Waals surface area contributed by atoms with Crippen molar-refractivity contribution in [3.8, 4) is 0 Å². The maximum Gasteiger partial charge on any atom is 0.259 e. The maximum absolute atomic E-state index is 11.8. The van der Waals surface area contributed by atoms with Crippen LogP contribution in [0.4, 0.5) is 0 Å². The Kier molecular flexibility index (Phi) is 4.19. The maximum atomic E-state index is 11.8. The second-order valence-corrected chi connectivity index (χ2v) is 3.89. The average molecular weight is 239 g/mol. The van der Waals surface area contributed by atoms with E-state index in [0.717, 1.165) is 0 Å². The van der Waals surface area contributed by atoms with Crippen LogP contribution < -0.4 is 11.2 Å². The van der Waals surface area contributed by atoms with Crippen molar-refractivity contribution in [2.45, 2.75) is 6.42 Å². The summed E-state index contributed by atoms with van der Waals surface area (Å²) in [4.78, 5) is 27.7. The molecule has 0 saturated heterocycles. The molecule has 1 amide bonds. The fourth-order valence-corrected chi connectivity index (χ4v) is 1.26. The van der Waals surface area contributed by atoms with E-state index in [2.05, 4.69) is 4.98 Å². The van der Waals surface area contributed by atoms with Gasteiger partial charge in [0.25, 0.3) is 5.91 Å². The zero-order valence-corrected chi connectivity index (χ0v) is 9.71. The number of pyridine rings is 1. The quantitative estimate of drug-likeness (QED) is 0.732. The molecule has 86 valence electrons. The Hall–Kier alpha value is -1.69. The van der Waals surface area contributed by atoms with Crippen molar-refractivity contribution in [2.75, 3.05) is 13.6 Å². The number of nitrogens with two attached hydrogens (primary N) is 1. The number of rotatable bonds is 4. The van der Waals surface area contributed by atoms with E-state index < -0.39 is 0 Å². The van der Waals surface area contributed by atoms with Crippen molar-refractivity contribution in [1.82, 2.24) is 9.88 Å². The van der Waals surface area contributed by atoms with Gasteiger partial charge in [-0.15, -0.1) is 0 Å². The monoisotopic (exact) mass is 239 g/mol. The van der Waals surface area contributed by atoms with Crippen molar-refractivity contribution < 1.29 is 4.79 Å². The SMILES string of the molecule is CN(CCC(N)=S)C(=O)c1c[nH]ccc1=O. The van der Waals surface area contributed by atoms with Crippen LogP contribution in [0, 0.1) is 0 Å². The number of amides is 1. The normalized spacial score (nSPS) is 9.81. The van der Waals surface area contributed by atoms with Crippen LogP contribution in [0.2, 0.25) is 0 Å². The van der Waals surface area contributed by atoms with Gasteiger partial charge in [0.2, 0.25) is 0 Å². The first-order valence-corrected chi connectivity index (χ1v) is 5.14. The van der Waals surface area contributed by atoms with Gasteiger partial charge in [-0.25, -0.2) is 0 Å². The molecule has 0 aliphatic carbocycles. The van der Waals surface area contributed by atoms with Crippen LogP contribution in [-0.4, -0.2) is 34.4 Å². The van der Waals surface area contributed by atoms with Gasteiger partial charge in [0.05, 0.1) is 4.99 Å². The van der Waals surface area contributed by atoms with Crippen LogP contribution in [0.25, 0.3) is 0 Å². The topological polar surface area (TPSA) is 79.2 Å². The third-order valence-electron chi connectivity index (χ3n) is 2.09. The first-order valence-electron chi connectivity index (χ1n) is 4.73. The number of nitrogens with zero attached hydrogens (tertiary/aromatic N) is 1. The van der Waals surface area contributed by atoms with E-state index in [0.29, 0.717) is 18.0 Å². The zero-order valence-electron chi connectivity index (χ0n) is 8.90. The molecule has 0 saturated carbocycles. The van der Waals surface area contributed by atoms with Crippen LogP contribution in [0.15, 0.2) is 23.3 Å².